The summed E-state index contributed by atoms with van der Waals surface area (Å²) in [4.78, 5) is 16.6. The minimum Gasteiger partial charge on any atom is -0.383 e. The van der Waals surface area contributed by atoms with E-state index in [-0.39, 0.29) is 5.91 Å². The molecule has 5 heteroatoms. The van der Waals surface area contributed by atoms with E-state index in [4.69, 9.17) is 4.74 Å². The lowest BCUT2D eigenvalue weighted by Crippen LogP contribution is -2.21. The zero-order valence-corrected chi connectivity index (χ0v) is 14.1. The van der Waals surface area contributed by atoms with Crippen LogP contribution in [0.15, 0.2) is 30.3 Å². The van der Waals surface area contributed by atoms with Crippen LogP contribution in [0.25, 0.3) is 11.3 Å². The fraction of sp³-hybridized carbons (Fsp3) is 0.333. The van der Waals surface area contributed by atoms with Crippen LogP contribution >= 0.6 is 0 Å². The maximum atomic E-state index is 12.0. The van der Waals surface area contributed by atoms with Gasteiger partial charge >= 0.3 is 0 Å². The molecular formula is C18H23N3O2. The third-order valence-electron chi connectivity index (χ3n) is 3.77. The first-order valence-electron chi connectivity index (χ1n) is 7.60. The van der Waals surface area contributed by atoms with E-state index < -0.39 is 0 Å². The maximum Gasteiger partial charge on any atom is 0.254 e. The quantitative estimate of drug-likeness (QED) is 0.805. The molecule has 0 fully saturated rings. The molecule has 1 aromatic heterocycles. The molecule has 0 unspecified atom stereocenters. The molecule has 0 atom stereocenters. The zero-order valence-electron chi connectivity index (χ0n) is 14.1. The molecule has 1 amide bonds. The van der Waals surface area contributed by atoms with Crippen molar-refractivity contribution < 1.29 is 9.53 Å². The van der Waals surface area contributed by atoms with Gasteiger partial charge in [0.2, 0.25) is 0 Å². The van der Waals surface area contributed by atoms with Crippen LogP contribution in [-0.2, 0) is 4.74 Å². The first-order chi connectivity index (χ1) is 11.1. The second-order valence-electron chi connectivity index (χ2n) is 5.39. The molecule has 0 spiro atoms. The van der Waals surface area contributed by atoms with Gasteiger partial charge in [-0.15, -0.1) is 0 Å². The predicted octanol–water partition coefficient (Wildman–Crippen LogP) is 2.78. The van der Waals surface area contributed by atoms with Gasteiger partial charge in [0, 0.05) is 26.3 Å². The minimum atomic E-state index is -0.163. The Balaban J connectivity index is 2.39. The van der Waals surface area contributed by atoms with Gasteiger partial charge in [0.1, 0.15) is 5.82 Å². The van der Waals surface area contributed by atoms with E-state index in [1.807, 2.05) is 12.1 Å². The number of rotatable bonds is 6. The van der Waals surface area contributed by atoms with E-state index in [1.54, 1.807) is 20.2 Å². The number of nitrogens with one attached hydrogen (secondary N) is 2. The van der Waals surface area contributed by atoms with Gasteiger partial charge in [0.25, 0.3) is 5.91 Å². The number of hydrogen-bond acceptors (Lipinski definition) is 4. The Morgan fingerprint density at radius 2 is 1.96 bits per heavy atom. The van der Waals surface area contributed by atoms with E-state index in [0.29, 0.717) is 24.5 Å². The second-order valence-corrected chi connectivity index (χ2v) is 5.39. The van der Waals surface area contributed by atoms with Crippen LogP contribution < -0.4 is 10.6 Å². The standard InChI is InChI=1S/C18H23N3O2/c1-12-5-6-14(11-13(12)2)16-8-7-15(18(22)19-3)17(21-16)20-9-10-23-4/h5-8,11H,9-10H2,1-4H3,(H,19,22)(H,20,21). The van der Waals surface area contributed by atoms with Crippen LogP contribution in [0.2, 0.25) is 0 Å². The summed E-state index contributed by atoms with van der Waals surface area (Å²) < 4.78 is 5.04. The van der Waals surface area contributed by atoms with Gasteiger partial charge in [0.15, 0.2) is 0 Å². The lowest BCUT2D eigenvalue weighted by molar-refractivity contribution is 0.0963. The van der Waals surface area contributed by atoms with Gasteiger partial charge in [-0.1, -0.05) is 12.1 Å². The maximum absolute atomic E-state index is 12.0. The van der Waals surface area contributed by atoms with Crippen molar-refractivity contribution in [1.29, 1.82) is 0 Å². The number of carbonyl (C=O) groups is 1. The number of hydrogen-bond donors (Lipinski definition) is 2. The van der Waals surface area contributed by atoms with Crippen molar-refractivity contribution in [2.75, 3.05) is 32.6 Å². The van der Waals surface area contributed by atoms with Crippen molar-refractivity contribution in [1.82, 2.24) is 10.3 Å². The molecular weight excluding hydrogens is 290 g/mol. The molecule has 1 aromatic carbocycles. The number of carbonyl (C=O) groups excluding carboxylic acids is 1. The van der Waals surface area contributed by atoms with E-state index >= 15 is 0 Å². The molecule has 2 aromatic rings. The molecule has 5 nitrogen and oxygen atoms in total. The number of benzene rings is 1. The van der Waals surface area contributed by atoms with Gasteiger partial charge in [0.05, 0.1) is 17.9 Å². The Kier molecular flexibility index (Phi) is 5.71. The average Bonchev–Trinajstić information content (AvgIpc) is 2.57. The topological polar surface area (TPSA) is 63.2 Å². The number of nitrogens with zero attached hydrogens (tertiary/aromatic N) is 1. The van der Waals surface area contributed by atoms with E-state index in [9.17, 15) is 4.79 Å². The van der Waals surface area contributed by atoms with Crippen molar-refractivity contribution in [3.05, 3.63) is 47.0 Å². The zero-order chi connectivity index (χ0) is 16.8. The average molecular weight is 313 g/mol. The number of amides is 1. The normalized spacial score (nSPS) is 10.4. The first kappa shape index (κ1) is 17.0. The molecule has 0 aliphatic rings. The smallest absolute Gasteiger partial charge is 0.254 e. The minimum absolute atomic E-state index is 0.163. The largest absolute Gasteiger partial charge is 0.383 e. The van der Waals surface area contributed by atoms with Gasteiger partial charge in [-0.05, 0) is 43.2 Å². The van der Waals surface area contributed by atoms with Gasteiger partial charge < -0.3 is 15.4 Å². The molecule has 0 saturated heterocycles. The summed E-state index contributed by atoms with van der Waals surface area (Å²) in [5.41, 5.74) is 4.85. The van der Waals surface area contributed by atoms with Gasteiger partial charge in [-0.25, -0.2) is 4.98 Å². The number of aromatic nitrogens is 1. The van der Waals surface area contributed by atoms with Crippen molar-refractivity contribution in [3.8, 4) is 11.3 Å². The Morgan fingerprint density at radius 1 is 1.17 bits per heavy atom. The van der Waals surface area contributed by atoms with Crippen LogP contribution in [0, 0.1) is 13.8 Å². The summed E-state index contributed by atoms with van der Waals surface area (Å²) >= 11 is 0. The molecule has 2 N–H and O–H groups in total. The Bertz CT molecular complexity index is 699. The monoisotopic (exact) mass is 313 g/mol. The summed E-state index contributed by atoms with van der Waals surface area (Å²) in [7, 11) is 3.25. The summed E-state index contributed by atoms with van der Waals surface area (Å²) in [5.74, 6) is 0.404. The van der Waals surface area contributed by atoms with Crippen LogP contribution in [0.1, 0.15) is 21.5 Å². The van der Waals surface area contributed by atoms with Crippen LogP contribution in [0.3, 0.4) is 0 Å². The second kappa shape index (κ2) is 7.74. The highest BCUT2D eigenvalue weighted by Gasteiger charge is 2.13. The van der Waals surface area contributed by atoms with Crippen molar-refractivity contribution >= 4 is 11.7 Å². The SMILES string of the molecule is CNC(=O)c1ccc(-c2ccc(C)c(C)c2)nc1NCCOC. The van der Waals surface area contributed by atoms with Crippen LogP contribution in [0.5, 0.6) is 0 Å². The third kappa shape index (κ3) is 4.07. The van der Waals surface area contributed by atoms with Crippen molar-refractivity contribution in [2.24, 2.45) is 0 Å². The van der Waals surface area contributed by atoms with E-state index in [0.717, 1.165) is 11.3 Å². The van der Waals surface area contributed by atoms with Gasteiger partial charge in [-0.3, -0.25) is 4.79 Å². The molecule has 122 valence electrons. The number of pyridine rings is 1. The highest BCUT2D eigenvalue weighted by Crippen LogP contribution is 2.24. The highest BCUT2D eigenvalue weighted by molar-refractivity contribution is 5.99. The fourth-order valence-electron chi connectivity index (χ4n) is 2.24. The number of aryl methyl sites for hydroxylation is 2. The number of methoxy groups -OCH3 is 1. The molecule has 23 heavy (non-hydrogen) atoms. The highest BCUT2D eigenvalue weighted by atomic mass is 16.5. The van der Waals surface area contributed by atoms with Crippen molar-refractivity contribution in [2.45, 2.75) is 13.8 Å². The summed E-state index contributed by atoms with van der Waals surface area (Å²) in [6.07, 6.45) is 0. The molecule has 0 bridgehead atoms. The number of ether oxygens (including phenoxy) is 1. The summed E-state index contributed by atoms with van der Waals surface area (Å²) in [5, 5.41) is 5.81. The molecule has 0 saturated carbocycles. The summed E-state index contributed by atoms with van der Waals surface area (Å²) in [6.45, 7) is 5.29. The first-order valence-corrected chi connectivity index (χ1v) is 7.60. The lowest BCUT2D eigenvalue weighted by atomic mass is 10.0. The third-order valence-corrected chi connectivity index (χ3v) is 3.77. The lowest BCUT2D eigenvalue weighted by Gasteiger charge is -2.12. The Morgan fingerprint density at radius 3 is 2.61 bits per heavy atom. The molecule has 0 radical (unpaired) electrons. The molecule has 0 aliphatic carbocycles. The molecule has 0 aliphatic heterocycles. The Labute approximate surface area is 137 Å². The van der Waals surface area contributed by atoms with E-state index in [2.05, 4.69) is 41.6 Å². The Hall–Kier alpha value is -2.40. The fourth-order valence-corrected chi connectivity index (χ4v) is 2.24. The predicted molar refractivity (Wildman–Crippen MR) is 92.9 cm³/mol. The van der Waals surface area contributed by atoms with Crippen LogP contribution in [0.4, 0.5) is 5.82 Å². The van der Waals surface area contributed by atoms with Crippen molar-refractivity contribution in [3.63, 3.8) is 0 Å². The van der Waals surface area contributed by atoms with Crippen LogP contribution in [-0.4, -0.2) is 38.2 Å². The van der Waals surface area contributed by atoms with E-state index in [1.165, 1.54) is 11.1 Å². The van der Waals surface area contributed by atoms with Gasteiger partial charge in [-0.2, -0.15) is 0 Å². The molecule has 2 rings (SSSR count). The number of anilines is 1. The molecule has 1 heterocycles. The summed E-state index contributed by atoms with van der Waals surface area (Å²) in [6, 6.07) is 9.90.